The number of nitrogens with one attached hydrogen (secondary N) is 1. The van der Waals surface area contributed by atoms with Gasteiger partial charge < -0.3 is 11.1 Å². The maximum Gasteiger partial charge on any atom is 0.226 e. The first kappa shape index (κ1) is 9.07. The van der Waals surface area contributed by atoms with E-state index in [1.54, 1.807) is 0 Å². The molecule has 0 bridgehead atoms. The Morgan fingerprint density at radius 3 is 3.00 bits per heavy atom. The van der Waals surface area contributed by atoms with Crippen molar-refractivity contribution in [2.45, 2.75) is 13.3 Å². The van der Waals surface area contributed by atoms with Crippen LogP contribution in [-0.4, -0.2) is 25.3 Å². The van der Waals surface area contributed by atoms with Gasteiger partial charge in [0.05, 0.1) is 11.7 Å². The Balaban J connectivity index is 2.38. The highest BCUT2D eigenvalue weighted by molar-refractivity contribution is 7.00. The zero-order valence-electron chi connectivity index (χ0n) is 7.69. The van der Waals surface area contributed by atoms with Gasteiger partial charge in [-0.2, -0.15) is 18.7 Å². The molecule has 6 nitrogen and oxygen atoms in total. The van der Waals surface area contributed by atoms with Crippen LogP contribution in [0.5, 0.6) is 0 Å². The highest BCUT2D eigenvalue weighted by atomic mass is 32.1. The molecule has 0 spiro atoms. The van der Waals surface area contributed by atoms with Crippen LogP contribution in [0.3, 0.4) is 0 Å². The molecule has 7 heteroatoms. The highest BCUT2D eigenvalue weighted by Gasteiger charge is 2.07. The fraction of sp³-hybridized carbons (Fsp3) is 0.429. The van der Waals surface area contributed by atoms with E-state index in [1.807, 2.05) is 0 Å². The van der Waals surface area contributed by atoms with E-state index in [1.165, 1.54) is 0 Å². The van der Waals surface area contributed by atoms with Crippen LogP contribution in [0.2, 0.25) is 0 Å². The van der Waals surface area contributed by atoms with E-state index in [-0.39, 0.29) is 0 Å². The third kappa shape index (κ3) is 1.58. The van der Waals surface area contributed by atoms with Crippen LogP contribution in [0, 0.1) is 0 Å². The smallest absolute Gasteiger partial charge is 0.226 e. The molecular weight excluding hydrogens is 200 g/mol. The standard InChI is InChI=1S/C7H10N6S/c1-2-3-9-7-10-5(8)4-6(11-7)13-14-12-4/h2-3H2,1H3,(H3,8,9,10,11,13). The van der Waals surface area contributed by atoms with E-state index >= 15 is 0 Å². The molecule has 3 N–H and O–H groups in total. The fourth-order valence-electron chi connectivity index (χ4n) is 1.03. The van der Waals surface area contributed by atoms with Crippen LogP contribution in [0.1, 0.15) is 13.3 Å². The summed E-state index contributed by atoms with van der Waals surface area (Å²) in [6, 6.07) is 0. The predicted molar refractivity (Wildman–Crippen MR) is 56.2 cm³/mol. The molecule has 0 atom stereocenters. The van der Waals surface area contributed by atoms with Gasteiger partial charge in [-0.25, -0.2) is 0 Å². The van der Waals surface area contributed by atoms with Gasteiger partial charge in [-0.05, 0) is 6.42 Å². The number of hydrogen-bond acceptors (Lipinski definition) is 7. The summed E-state index contributed by atoms with van der Waals surface area (Å²) in [5, 5.41) is 3.05. The van der Waals surface area contributed by atoms with Crippen LogP contribution in [0.25, 0.3) is 11.2 Å². The summed E-state index contributed by atoms with van der Waals surface area (Å²) in [4.78, 5) is 8.24. The number of aromatic nitrogens is 4. The van der Waals surface area contributed by atoms with Crippen molar-refractivity contribution in [1.82, 2.24) is 18.7 Å². The lowest BCUT2D eigenvalue weighted by atomic mass is 10.5. The molecule has 0 saturated carbocycles. The van der Waals surface area contributed by atoms with E-state index in [4.69, 9.17) is 5.73 Å². The Morgan fingerprint density at radius 2 is 2.21 bits per heavy atom. The van der Waals surface area contributed by atoms with Gasteiger partial charge in [0.15, 0.2) is 11.3 Å². The van der Waals surface area contributed by atoms with Crippen molar-refractivity contribution in [2.75, 3.05) is 17.6 Å². The lowest BCUT2D eigenvalue weighted by Crippen LogP contribution is -2.06. The van der Waals surface area contributed by atoms with Gasteiger partial charge in [-0.1, -0.05) is 6.92 Å². The Morgan fingerprint density at radius 1 is 1.36 bits per heavy atom. The van der Waals surface area contributed by atoms with Crippen molar-refractivity contribution in [3.63, 3.8) is 0 Å². The summed E-state index contributed by atoms with van der Waals surface area (Å²) in [5.74, 6) is 0.895. The number of anilines is 2. The molecule has 0 aromatic carbocycles. The minimum Gasteiger partial charge on any atom is -0.382 e. The minimum absolute atomic E-state index is 0.377. The Bertz CT molecular complexity index is 439. The number of rotatable bonds is 3. The first-order chi connectivity index (χ1) is 6.81. The van der Waals surface area contributed by atoms with Crippen molar-refractivity contribution in [3.8, 4) is 0 Å². The monoisotopic (exact) mass is 210 g/mol. The Hall–Kier alpha value is -1.50. The normalized spacial score (nSPS) is 10.6. The maximum atomic E-state index is 5.69. The van der Waals surface area contributed by atoms with E-state index in [0.29, 0.717) is 22.9 Å². The quantitative estimate of drug-likeness (QED) is 0.781. The van der Waals surface area contributed by atoms with Crippen LogP contribution in [-0.2, 0) is 0 Å². The van der Waals surface area contributed by atoms with Crippen molar-refractivity contribution in [3.05, 3.63) is 0 Å². The molecule has 14 heavy (non-hydrogen) atoms. The van der Waals surface area contributed by atoms with Gasteiger partial charge in [-0.15, -0.1) is 0 Å². The third-order valence-electron chi connectivity index (χ3n) is 1.69. The topological polar surface area (TPSA) is 89.6 Å². The van der Waals surface area contributed by atoms with Crippen LogP contribution >= 0.6 is 11.7 Å². The highest BCUT2D eigenvalue weighted by Crippen LogP contribution is 2.16. The lowest BCUT2D eigenvalue weighted by Gasteiger charge is -2.02. The Kier molecular flexibility index (Phi) is 2.40. The van der Waals surface area contributed by atoms with Crippen LogP contribution in [0.15, 0.2) is 0 Å². The number of nitrogens with two attached hydrogens (primary N) is 1. The number of nitrogen functional groups attached to an aromatic ring is 1. The van der Waals surface area contributed by atoms with Gasteiger partial charge in [0, 0.05) is 6.54 Å². The van der Waals surface area contributed by atoms with Crippen molar-refractivity contribution in [1.29, 1.82) is 0 Å². The first-order valence-corrected chi connectivity index (χ1v) is 5.04. The summed E-state index contributed by atoms with van der Waals surface area (Å²) < 4.78 is 8.00. The summed E-state index contributed by atoms with van der Waals surface area (Å²) in [6.45, 7) is 2.89. The minimum atomic E-state index is 0.377. The van der Waals surface area contributed by atoms with Gasteiger partial charge in [-0.3, -0.25) is 0 Å². The molecule has 0 aliphatic heterocycles. The number of hydrogen-bond donors (Lipinski definition) is 2. The molecule has 74 valence electrons. The molecule has 0 aliphatic carbocycles. The molecule has 0 saturated heterocycles. The second-order valence-corrected chi connectivity index (χ2v) is 3.32. The average molecular weight is 210 g/mol. The third-order valence-corrected chi connectivity index (χ3v) is 2.20. The summed E-state index contributed by atoms with van der Waals surface area (Å²) in [5.41, 5.74) is 6.82. The Labute approximate surface area is 84.9 Å². The number of fused-ring (bicyclic) bond motifs is 1. The van der Waals surface area contributed by atoms with E-state index in [9.17, 15) is 0 Å². The zero-order valence-corrected chi connectivity index (χ0v) is 8.51. The SMILES string of the molecule is CCCNc1nc(N)c2nsnc2n1. The molecule has 2 rings (SSSR count). The van der Waals surface area contributed by atoms with Crippen LogP contribution < -0.4 is 11.1 Å². The molecule has 2 heterocycles. The number of nitrogens with zero attached hydrogens (tertiary/aromatic N) is 4. The van der Waals surface area contributed by atoms with E-state index in [2.05, 4.69) is 31.0 Å². The van der Waals surface area contributed by atoms with Crippen molar-refractivity contribution in [2.24, 2.45) is 0 Å². The molecule has 0 radical (unpaired) electrons. The molecule has 0 aliphatic rings. The maximum absolute atomic E-state index is 5.69. The van der Waals surface area contributed by atoms with Gasteiger partial charge in [0.1, 0.15) is 0 Å². The second-order valence-electron chi connectivity index (χ2n) is 2.80. The molecule has 2 aromatic heterocycles. The predicted octanol–water partition coefficient (Wildman–Crippen LogP) is 0.885. The summed E-state index contributed by atoms with van der Waals surface area (Å²) >= 11 is 1.09. The second kappa shape index (κ2) is 3.70. The lowest BCUT2D eigenvalue weighted by molar-refractivity contribution is 0.957. The fourth-order valence-corrected chi connectivity index (χ4v) is 1.53. The van der Waals surface area contributed by atoms with Gasteiger partial charge in [0.2, 0.25) is 11.6 Å². The molecule has 0 fully saturated rings. The summed E-state index contributed by atoms with van der Waals surface area (Å²) in [7, 11) is 0. The van der Waals surface area contributed by atoms with Crippen molar-refractivity contribution < 1.29 is 0 Å². The van der Waals surface area contributed by atoms with Crippen molar-refractivity contribution >= 4 is 34.7 Å². The van der Waals surface area contributed by atoms with E-state index in [0.717, 1.165) is 24.7 Å². The first-order valence-electron chi connectivity index (χ1n) is 4.31. The van der Waals surface area contributed by atoms with Gasteiger partial charge >= 0.3 is 0 Å². The summed E-state index contributed by atoms with van der Waals surface area (Å²) in [6.07, 6.45) is 1.01. The average Bonchev–Trinajstić information content (AvgIpc) is 2.63. The largest absolute Gasteiger partial charge is 0.382 e. The molecular formula is C7H10N6S. The van der Waals surface area contributed by atoms with Crippen LogP contribution in [0.4, 0.5) is 11.8 Å². The molecule has 0 unspecified atom stereocenters. The molecule has 0 amide bonds. The molecule has 2 aromatic rings. The van der Waals surface area contributed by atoms with Gasteiger partial charge in [0.25, 0.3) is 0 Å². The van der Waals surface area contributed by atoms with E-state index < -0.39 is 0 Å². The zero-order chi connectivity index (χ0) is 9.97.